The second-order valence-electron chi connectivity index (χ2n) is 9.25. The summed E-state index contributed by atoms with van der Waals surface area (Å²) in [4.78, 5) is 10.7. The summed E-state index contributed by atoms with van der Waals surface area (Å²) in [5.74, 6) is 0.203. The lowest BCUT2D eigenvalue weighted by Gasteiger charge is -2.20. The number of ether oxygens (including phenoxy) is 1. The number of unbranched alkanes of at least 4 members (excludes halogenated alkanes) is 14. The first-order valence-corrected chi connectivity index (χ1v) is 15.3. The van der Waals surface area contributed by atoms with Gasteiger partial charge in [0.25, 0.3) is 5.69 Å². The van der Waals surface area contributed by atoms with Crippen molar-refractivity contribution in [3.63, 3.8) is 0 Å². The maximum absolute atomic E-state index is 13.5. The number of nitro groups is 1. The van der Waals surface area contributed by atoms with E-state index >= 15 is 0 Å². The fourth-order valence-electron chi connectivity index (χ4n) is 3.89. The van der Waals surface area contributed by atoms with Crippen molar-refractivity contribution >= 4 is 13.5 Å². The van der Waals surface area contributed by atoms with Gasteiger partial charge in [-0.15, -0.1) is 0 Å². The number of nitro benzene ring substituents is 1. The van der Waals surface area contributed by atoms with Gasteiger partial charge in [0.15, 0.2) is 11.5 Å². The van der Waals surface area contributed by atoms with Crippen LogP contribution < -0.4 is 9.26 Å². The Morgan fingerprint density at radius 2 is 1.17 bits per heavy atom. The molecule has 1 aromatic rings. The zero-order valence-corrected chi connectivity index (χ0v) is 23.6. The lowest BCUT2D eigenvalue weighted by molar-refractivity contribution is -0.384. The fraction of sp³-hybridized carbons (Fsp3) is 0.778. The van der Waals surface area contributed by atoms with Gasteiger partial charge in [-0.25, -0.2) is 4.57 Å². The van der Waals surface area contributed by atoms with Crippen molar-refractivity contribution in [1.82, 2.24) is 0 Å². The van der Waals surface area contributed by atoms with E-state index in [1.165, 1.54) is 89.5 Å². The van der Waals surface area contributed by atoms with Gasteiger partial charge in [-0.1, -0.05) is 104 Å². The van der Waals surface area contributed by atoms with Crippen LogP contribution in [0.1, 0.15) is 117 Å². The SMILES string of the molecule is CCCCCCCCCCOP(=O)(OCCCCCCCCCC)Oc1cc([N+](=O)[O-])ccc1OC. The topological polar surface area (TPSA) is 97.1 Å². The van der Waals surface area contributed by atoms with Crippen LogP contribution in [-0.2, 0) is 13.6 Å². The van der Waals surface area contributed by atoms with E-state index in [-0.39, 0.29) is 30.4 Å². The Labute approximate surface area is 218 Å². The van der Waals surface area contributed by atoms with E-state index in [1.807, 2.05) is 0 Å². The van der Waals surface area contributed by atoms with E-state index < -0.39 is 12.7 Å². The van der Waals surface area contributed by atoms with E-state index in [9.17, 15) is 14.7 Å². The van der Waals surface area contributed by atoms with Crippen LogP contribution in [0, 0.1) is 10.1 Å². The monoisotopic (exact) mass is 529 g/mol. The molecule has 1 rings (SSSR count). The Morgan fingerprint density at radius 1 is 0.722 bits per heavy atom. The molecule has 9 heteroatoms. The summed E-state index contributed by atoms with van der Waals surface area (Å²) < 4.78 is 35.6. The molecule has 36 heavy (non-hydrogen) atoms. The minimum absolute atomic E-state index is 0.0260. The van der Waals surface area contributed by atoms with Gasteiger partial charge in [-0.3, -0.25) is 19.2 Å². The molecular formula is C27H48NO7P. The minimum atomic E-state index is -3.97. The van der Waals surface area contributed by atoms with E-state index in [0.29, 0.717) is 0 Å². The summed E-state index contributed by atoms with van der Waals surface area (Å²) in [5, 5.41) is 11.2. The minimum Gasteiger partial charge on any atom is -0.493 e. The maximum atomic E-state index is 13.5. The second kappa shape index (κ2) is 20.4. The Kier molecular flexibility index (Phi) is 18.4. The first-order valence-electron chi connectivity index (χ1n) is 13.9. The fourth-order valence-corrected chi connectivity index (χ4v) is 5.15. The van der Waals surface area contributed by atoms with Crippen LogP contribution in [0.15, 0.2) is 18.2 Å². The van der Waals surface area contributed by atoms with Crippen molar-refractivity contribution in [1.29, 1.82) is 0 Å². The third kappa shape index (κ3) is 14.8. The van der Waals surface area contributed by atoms with Crippen LogP contribution in [0.4, 0.5) is 5.69 Å². The average molecular weight is 530 g/mol. The molecule has 0 saturated heterocycles. The molecular weight excluding hydrogens is 481 g/mol. The number of rotatable bonds is 24. The maximum Gasteiger partial charge on any atom is 0.530 e. The van der Waals surface area contributed by atoms with E-state index in [0.717, 1.165) is 38.5 Å². The molecule has 0 radical (unpaired) electrons. The van der Waals surface area contributed by atoms with Gasteiger partial charge in [0.1, 0.15) is 0 Å². The molecule has 0 spiro atoms. The van der Waals surface area contributed by atoms with Gasteiger partial charge < -0.3 is 9.26 Å². The Morgan fingerprint density at radius 3 is 1.58 bits per heavy atom. The molecule has 0 aromatic heterocycles. The zero-order chi connectivity index (χ0) is 26.5. The number of benzene rings is 1. The average Bonchev–Trinajstić information content (AvgIpc) is 2.86. The van der Waals surface area contributed by atoms with Crippen LogP contribution in [0.2, 0.25) is 0 Å². The van der Waals surface area contributed by atoms with E-state index in [4.69, 9.17) is 18.3 Å². The molecule has 0 unspecified atom stereocenters. The van der Waals surface area contributed by atoms with Gasteiger partial charge in [0, 0.05) is 6.07 Å². The molecule has 0 aliphatic rings. The highest BCUT2D eigenvalue weighted by Crippen LogP contribution is 2.52. The molecule has 0 atom stereocenters. The number of non-ortho nitro benzene ring substituents is 1. The van der Waals surface area contributed by atoms with Gasteiger partial charge >= 0.3 is 7.82 Å². The normalized spacial score (nSPS) is 11.5. The van der Waals surface area contributed by atoms with Crippen molar-refractivity contribution < 1.29 is 27.8 Å². The number of nitrogens with zero attached hydrogens (tertiary/aromatic N) is 1. The van der Waals surface area contributed by atoms with Crippen LogP contribution >= 0.6 is 7.82 Å². The summed E-state index contributed by atoms with van der Waals surface area (Å²) in [6.07, 6.45) is 18.1. The van der Waals surface area contributed by atoms with Crippen molar-refractivity contribution in [2.75, 3.05) is 20.3 Å². The van der Waals surface area contributed by atoms with Crippen LogP contribution in [0.5, 0.6) is 11.5 Å². The summed E-state index contributed by atoms with van der Waals surface area (Å²) in [7, 11) is -2.56. The Balaban J connectivity index is 2.61. The molecule has 0 fully saturated rings. The quantitative estimate of drug-likeness (QED) is 0.0569. The predicted molar refractivity (Wildman–Crippen MR) is 145 cm³/mol. The highest BCUT2D eigenvalue weighted by Gasteiger charge is 2.30. The summed E-state index contributed by atoms with van der Waals surface area (Å²) in [6.45, 7) is 4.89. The number of hydrogen-bond acceptors (Lipinski definition) is 7. The van der Waals surface area contributed by atoms with Crippen molar-refractivity contribution in [3.8, 4) is 11.5 Å². The number of hydrogen-bond donors (Lipinski definition) is 0. The Hall–Kier alpha value is -1.63. The van der Waals surface area contributed by atoms with Gasteiger partial charge in [0.2, 0.25) is 0 Å². The molecule has 0 saturated carbocycles. The van der Waals surface area contributed by atoms with Crippen molar-refractivity contribution in [3.05, 3.63) is 28.3 Å². The molecule has 0 bridgehead atoms. The molecule has 8 nitrogen and oxygen atoms in total. The molecule has 0 aliphatic carbocycles. The molecule has 0 aliphatic heterocycles. The first kappa shape index (κ1) is 32.4. The standard InChI is InChI=1S/C27H48NO7P/c1-4-6-8-10-12-14-16-18-22-33-36(31,34-23-19-17-15-13-11-9-7-5-2)35-27-24-25(28(29)30)20-21-26(27)32-3/h20-21,24H,4-19,22-23H2,1-3H3. The molecule has 0 heterocycles. The van der Waals surface area contributed by atoms with E-state index in [1.54, 1.807) is 0 Å². The lowest BCUT2D eigenvalue weighted by atomic mass is 10.1. The highest BCUT2D eigenvalue weighted by atomic mass is 31.2. The zero-order valence-electron chi connectivity index (χ0n) is 22.7. The van der Waals surface area contributed by atoms with Crippen LogP contribution in [0.3, 0.4) is 0 Å². The third-order valence-electron chi connectivity index (χ3n) is 6.06. The predicted octanol–water partition coefficient (Wildman–Crippen LogP) is 9.40. The number of methoxy groups -OCH3 is 1. The Bertz CT molecular complexity index is 734. The smallest absolute Gasteiger partial charge is 0.493 e. The third-order valence-corrected chi connectivity index (χ3v) is 7.48. The van der Waals surface area contributed by atoms with Gasteiger partial charge in [-0.05, 0) is 18.9 Å². The van der Waals surface area contributed by atoms with E-state index in [2.05, 4.69) is 13.8 Å². The van der Waals surface area contributed by atoms with Crippen LogP contribution in [-0.4, -0.2) is 25.2 Å². The summed E-state index contributed by atoms with van der Waals surface area (Å²) in [6, 6.07) is 3.90. The first-order chi connectivity index (χ1) is 17.5. The van der Waals surface area contributed by atoms with Crippen molar-refractivity contribution in [2.45, 2.75) is 117 Å². The molecule has 0 amide bonds. The second-order valence-corrected chi connectivity index (χ2v) is 10.8. The van der Waals surface area contributed by atoms with Crippen LogP contribution in [0.25, 0.3) is 0 Å². The van der Waals surface area contributed by atoms with Gasteiger partial charge in [-0.2, -0.15) is 0 Å². The van der Waals surface area contributed by atoms with Gasteiger partial charge in [0.05, 0.1) is 31.3 Å². The molecule has 208 valence electrons. The number of phosphoric acid groups is 1. The molecule has 1 aromatic carbocycles. The number of phosphoric ester groups is 1. The summed E-state index contributed by atoms with van der Waals surface area (Å²) in [5.41, 5.74) is -0.191. The highest BCUT2D eigenvalue weighted by molar-refractivity contribution is 7.48. The van der Waals surface area contributed by atoms with Crippen molar-refractivity contribution in [2.24, 2.45) is 0 Å². The summed E-state index contributed by atoms with van der Waals surface area (Å²) >= 11 is 0. The molecule has 0 N–H and O–H groups in total. The lowest BCUT2D eigenvalue weighted by Crippen LogP contribution is -2.06. The largest absolute Gasteiger partial charge is 0.530 e.